The lowest BCUT2D eigenvalue weighted by atomic mass is 10.2. The lowest BCUT2D eigenvalue weighted by molar-refractivity contribution is -0.118. The summed E-state index contributed by atoms with van der Waals surface area (Å²) in [6.07, 6.45) is 0. The van der Waals surface area contributed by atoms with E-state index in [1.807, 2.05) is 0 Å². The van der Waals surface area contributed by atoms with Crippen LogP contribution >= 0.6 is 34.8 Å². The van der Waals surface area contributed by atoms with Gasteiger partial charge in [0.2, 0.25) is 0 Å². The Balaban J connectivity index is 1.54. The zero-order valence-corrected chi connectivity index (χ0v) is 17.2. The number of ether oxygens (including phenoxy) is 1. The van der Waals surface area contributed by atoms with Gasteiger partial charge < -0.3 is 15.4 Å². The molecule has 0 bridgehead atoms. The number of carbonyl (C=O) groups excluding carboxylic acids is 2. The van der Waals surface area contributed by atoms with Crippen LogP contribution in [0.4, 0.5) is 11.4 Å². The summed E-state index contributed by atoms with van der Waals surface area (Å²) in [6, 6.07) is 18.1. The van der Waals surface area contributed by atoms with E-state index in [2.05, 4.69) is 10.6 Å². The minimum absolute atomic E-state index is 0.213. The maximum absolute atomic E-state index is 12.3. The smallest absolute Gasteiger partial charge is 0.262 e. The van der Waals surface area contributed by atoms with Crippen molar-refractivity contribution in [3.63, 3.8) is 0 Å². The fraction of sp³-hybridized carbons (Fsp3) is 0.0476. The molecular weight excluding hydrogens is 435 g/mol. The van der Waals surface area contributed by atoms with E-state index in [9.17, 15) is 9.59 Å². The van der Waals surface area contributed by atoms with Crippen molar-refractivity contribution in [1.29, 1.82) is 0 Å². The second-order valence-electron chi connectivity index (χ2n) is 5.95. The Labute approximate surface area is 182 Å². The van der Waals surface area contributed by atoms with Crippen molar-refractivity contribution in [2.24, 2.45) is 0 Å². The zero-order chi connectivity index (χ0) is 20.8. The molecule has 0 saturated carbocycles. The van der Waals surface area contributed by atoms with Gasteiger partial charge in [-0.25, -0.2) is 0 Å². The normalized spacial score (nSPS) is 10.3. The zero-order valence-electron chi connectivity index (χ0n) is 14.9. The molecule has 3 aromatic rings. The van der Waals surface area contributed by atoms with Crippen LogP contribution in [0.25, 0.3) is 0 Å². The van der Waals surface area contributed by atoms with E-state index in [1.54, 1.807) is 66.7 Å². The van der Waals surface area contributed by atoms with Crippen molar-refractivity contribution < 1.29 is 14.3 Å². The molecule has 2 amide bonds. The molecule has 0 aliphatic carbocycles. The molecule has 2 N–H and O–H groups in total. The van der Waals surface area contributed by atoms with Gasteiger partial charge in [-0.3, -0.25) is 9.59 Å². The number of carbonyl (C=O) groups is 2. The van der Waals surface area contributed by atoms with E-state index < -0.39 is 0 Å². The quantitative estimate of drug-likeness (QED) is 0.491. The summed E-state index contributed by atoms with van der Waals surface area (Å²) >= 11 is 17.8. The standard InChI is InChI=1S/C21H15Cl3N2O3/c22-14-9-15(23)11-16(10-14)25-20(27)12-29-17-7-5-13(6-8-17)21(28)26-19-4-2-1-3-18(19)24/h1-11H,12H2,(H,25,27)(H,26,28). The van der Waals surface area contributed by atoms with Crippen molar-refractivity contribution >= 4 is 58.0 Å². The Morgan fingerprint density at radius 3 is 2.14 bits per heavy atom. The second-order valence-corrected chi connectivity index (χ2v) is 7.23. The summed E-state index contributed by atoms with van der Waals surface area (Å²) in [6.45, 7) is -0.213. The Kier molecular flexibility index (Phi) is 6.99. The number of amides is 2. The third kappa shape index (κ3) is 6.12. The fourth-order valence-electron chi connectivity index (χ4n) is 2.43. The fourth-order valence-corrected chi connectivity index (χ4v) is 3.14. The van der Waals surface area contributed by atoms with Gasteiger partial charge in [-0.2, -0.15) is 0 Å². The molecule has 29 heavy (non-hydrogen) atoms. The van der Waals surface area contributed by atoms with Crippen LogP contribution in [0.1, 0.15) is 10.4 Å². The van der Waals surface area contributed by atoms with Gasteiger partial charge in [0.1, 0.15) is 5.75 Å². The molecule has 0 fully saturated rings. The largest absolute Gasteiger partial charge is 0.484 e. The third-order valence-electron chi connectivity index (χ3n) is 3.75. The van der Waals surface area contributed by atoms with Crippen molar-refractivity contribution in [3.8, 4) is 5.75 Å². The lowest BCUT2D eigenvalue weighted by Crippen LogP contribution is -2.20. The van der Waals surface area contributed by atoms with Crippen molar-refractivity contribution in [2.75, 3.05) is 17.2 Å². The van der Waals surface area contributed by atoms with Gasteiger partial charge >= 0.3 is 0 Å². The van der Waals surface area contributed by atoms with E-state index in [0.717, 1.165) is 0 Å². The number of halogens is 3. The number of hydrogen-bond donors (Lipinski definition) is 2. The van der Waals surface area contributed by atoms with Gasteiger partial charge in [-0.05, 0) is 54.6 Å². The van der Waals surface area contributed by atoms with Gasteiger partial charge in [-0.1, -0.05) is 46.9 Å². The Morgan fingerprint density at radius 1 is 0.828 bits per heavy atom. The van der Waals surface area contributed by atoms with E-state index >= 15 is 0 Å². The molecule has 0 saturated heterocycles. The van der Waals surface area contributed by atoms with Crippen LogP contribution in [-0.4, -0.2) is 18.4 Å². The maximum atomic E-state index is 12.3. The molecule has 5 nitrogen and oxygen atoms in total. The van der Waals surface area contributed by atoms with E-state index in [4.69, 9.17) is 39.5 Å². The lowest BCUT2D eigenvalue weighted by Gasteiger charge is -2.10. The van der Waals surface area contributed by atoms with Crippen molar-refractivity contribution in [3.05, 3.63) is 87.4 Å². The third-order valence-corrected chi connectivity index (χ3v) is 4.52. The van der Waals surface area contributed by atoms with Gasteiger partial charge in [0.15, 0.2) is 6.61 Å². The van der Waals surface area contributed by atoms with E-state index in [1.165, 1.54) is 0 Å². The maximum Gasteiger partial charge on any atom is 0.262 e. The Morgan fingerprint density at radius 2 is 1.48 bits per heavy atom. The van der Waals surface area contributed by atoms with E-state index in [-0.39, 0.29) is 18.4 Å². The van der Waals surface area contributed by atoms with Crippen LogP contribution < -0.4 is 15.4 Å². The monoisotopic (exact) mass is 448 g/mol. The first-order chi connectivity index (χ1) is 13.9. The summed E-state index contributed by atoms with van der Waals surface area (Å²) in [7, 11) is 0. The molecule has 148 valence electrons. The molecule has 3 aromatic carbocycles. The molecule has 3 rings (SSSR count). The Hall–Kier alpha value is -2.73. The minimum Gasteiger partial charge on any atom is -0.484 e. The second kappa shape index (κ2) is 9.65. The first-order valence-corrected chi connectivity index (χ1v) is 9.59. The van der Waals surface area contributed by atoms with Gasteiger partial charge in [0.25, 0.3) is 11.8 Å². The molecule has 8 heteroatoms. The minimum atomic E-state index is -0.371. The van der Waals surface area contributed by atoms with Crippen LogP contribution in [0, 0.1) is 0 Å². The number of para-hydroxylation sites is 1. The number of hydrogen-bond acceptors (Lipinski definition) is 3. The van der Waals surface area contributed by atoms with Crippen LogP contribution in [0.3, 0.4) is 0 Å². The van der Waals surface area contributed by atoms with Crippen LogP contribution in [0.2, 0.25) is 15.1 Å². The number of rotatable bonds is 6. The molecule has 0 aliphatic heterocycles. The SMILES string of the molecule is O=C(COc1ccc(C(=O)Nc2ccccc2Cl)cc1)Nc1cc(Cl)cc(Cl)c1. The molecule has 0 aliphatic rings. The van der Waals surface area contributed by atoms with Crippen LogP contribution in [0.5, 0.6) is 5.75 Å². The van der Waals surface area contributed by atoms with Gasteiger partial charge in [0.05, 0.1) is 10.7 Å². The molecule has 0 aromatic heterocycles. The highest BCUT2D eigenvalue weighted by molar-refractivity contribution is 6.35. The van der Waals surface area contributed by atoms with Gasteiger partial charge in [0, 0.05) is 21.3 Å². The molecule has 0 radical (unpaired) electrons. The summed E-state index contributed by atoms with van der Waals surface area (Å²) < 4.78 is 5.44. The topological polar surface area (TPSA) is 67.4 Å². The molecular formula is C21H15Cl3N2O3. The summed E-state index contributed by atoms with van der Waals surface area (Å²) in [4.78, 5) is 24.3. The predicted octanol–water partition coefficient (Wildman–Crippen LogP) is 5.92. The summed E-state index contributed by atoms with van der Waals surface area (Å²) in [5, 5.41) is 6.67. The average Bonchev–Trinajstić information content (AvgIpc) is 2.68. The van der Waals surface area contributed by atoms with Gasteiger partial charge in [-0.15, -0.1) is 0 Å². The predicted molar refractivity (Wildman–Crippen MR) is 116 cm³/mol. The first-order valence-electron chi connectivity index (χ1n) is 8.45. The van der Waals surface area contributed by atoms with Crippen LogP contribution in [-0.2, 0) is 4.79 Å². The number of benzene rings is 3. The molecule has 0 spiro atoms. The number of nitrogens with one attached hydrogen (secondary N) is 2. The van der Waals surface area contributed by atoms with Crippen molar-refractivity contribution in [1.82, 2.24) is 0 Å². The molecule has 0 atom stereocenters. The first kappa shape index (κ1) is 21.0. The summed E-state index contributed by atoms with van der Waals surface area (Å²) in [5.74, 6) is -0.234. The Bertz CT molecular complexity index is 1020. The average molecular weight is 450 g/mol. The highest BCUT2D eigenvalue weighted by Gasteiger charge is 2.09. The molecule has 0 unspecified atom stereocenters. The highest BCUT2D eigenvalue weighted by Crippen LogP contribution is 2.23. The van der Waals surface area contributed by atoms with E-state index in [0.29, 0.717) is 37.8 Å². The van der Waals surface area contributed by atoms with Crippen LogP contribution in [0.15, 0.2) is 66.7 Å². The summed E-state index contributed by atoms with van der Waals surface area (Å²) in [5.41, 5.74) is 1.43. The highest BCUT2D eigenvalue weighted by atomic mass is 35.5. The van der Waals surface area contributed by atoms with Crippen molar-refractivity contribution in [2.45, 2.75) is 0 Å². The molecule has 0 heterocycles. The number of anilines is 2.